The van der Waals surface area contributed by atoms with E-state index in [-0.39, 0.29) is 0 Å². The number of piperazine rings is 1. The van der Waals surface area contributed by atoms with Gasteiger partial charge in [0.05, 0.1) is 6.54 Å². The van der Waals surface area contributed by atoms with E-state index < -0.39 is 0 Å². The summed E-state index contributed by atoms with van der Waals surface area (Å²) in [7, 11) is 2.17. The van der Waals surface area contributed by atoms with E-state index in [1.807, 2.05) is 12.3 Å². The first kappa shape index (κ1) is 21.1. The normalized spacial score (nSPS) is 15.4. The van der Waals surface area contributed by atoms with Crippen molar-refractivity contribution in [2.24, 2.45) is 4.99 Å². The smallest absolute Gasteiger partial charge is 0.191 e. The molecule has 0 unspecified atom stereocenters. The molecule has 0 bridgehead atoms. The molecule has 6 heteroatoms. The molecule has 0 saturated carbocycles. The molecule has 1 aliphatic heterocycles. The van der Waals surface area contributed by atoms with Gasteiger partial charge in [-0.05, 0) is 45.0 Å². The minimum absolute atomic E-state index is 0.609. The van der Waals surface area contributed by atoms with E-state index in [2.05, 4.69) is 77.5 Å². The van der Waals surface area contributed by atoms with E-state index >= 15 is 0 Å². The SMILES string of the molecule is CCNC(=NCc1cccnc1N1CCN(C)CC1)NCc1ccc(C)cc1C. The van der Waals surface area contributed by atoms with Crippen molar-refractivity contribution in [2.75, 3.05) is 44.7 Å². The molecule has 156 valence electrons. The third-order valence-corrected chi connectivity index (χ3v) is 5.37. The van der Waals surface area contributed by atoms with Gasteiger partial charge in [0, 0.05) is 51.0 Å². The molecule has 2 heterocycles. The van der Waals surface area contributed by atoms with Gasteiger partial charge in [-0.15, -0.1) is 0 Å². The second kappa shape index (κ2) is 10.3. The first-order valence-corrected chi connectivity index (χ1v) is 10.5. The van der Waals surface area contributed by atoms with E-state index in [1.54, 1.807) is 0 Å². The van der Waals surface area contributed by atoms with Crippen molar-refractivity contribution < 1.29 is 0 Å². The van der Waals surface area contributed by atoms with Crippen LogP contribution < -0.4 is 15.5 Å². The van der Waals surface area contributed by atoms with Crippen molar-refractivity contribution in [1.82, 2.24) is 20.5 Å². The molecule has 1 aliphatic rings. The summed E-state index contributed by atoms with van der Waals surface area (Å²) in [6.07, 6.45) is 1.88. The summed E-state index contributed by atoms with van der Waals surface area (Å²) in [4.78, 5) is 14.2. The Balaban J connectivity index is 1.68. The zero-order valence-corrected chi connectivity index (χ0v) is 18.2. The molecule has 1 fully saturated rings. The Morgan fingerprint density at radius 1 is 1.07 bits per heavy atom. The molecular formula is C23H34N6. The zero-order valence-electron chi connectivity index (χ0n) is 18.2. The summed E-state index contributed by atoms with van der Waals surface area (Å²) in [5, 5.41) is 6.83. The highest BCUT2D eigenvalue weighted by atomic mass is 15.3. The van der Waals surface area contributed by atoms with Crippen LogP contribution in [0.5, 0.6) is 0 Å². The van der Waals surface area contributed by atoms with E-state index in [0.717, 1.165) is 51.0 Å². The fraction of sp³-hybridized carbons (Fsp3) is 0.478. The lowest BCUT2D eigenvalue weighted by molar-refractivity contribution is 0.312. The number of anilines is 1. The summed E-state index contributed by atoms with van der Waals surface area (Å²) >= 11 is 0. The molecule has 0 amide bonds. The van der Waals surface area contributed by atoms with Gasteiger partial charge >= 0.3 is 0 Å². The van der Waals surface area contributed by atoms with Gasteiger partial charge in [0.15, 0.2) is 5.96 Å². The lowest BCUT2D eigenvalue weighted by Crippen LogP contribution is -2.45. The lowest BCUT2D eigenvalue weighted by atomic mass is 10.1. The number of hydrogen-bond donors (Lipinski definition) is 2. The lowest BCUT2D eigenvalue weighted by Gasteiger charge is -2.34. The predicted octanol–water partition coefficient (Wildman–Crippen LogP) is 2.71. The van der Waals surface area contributed by atoms with Crippen LogP contribution in [0.4, 0.5) is 5.82 Å². The third-order valence-electron chi connectivity index (χ3n) is 5.37. The van der Waals surface area contributed by atoms with E-state index in [4.69, 9.17) is 4.99 Å². The van der Waals surface area contributed by atoms with Crippen LogP contribution in [-0.4, -0.2) is 55.6 Å². The fourth-order valence-electron chi connectivity index (χ4n) is 3.59. The van der Waals surface area contributed by atoms with Crippen molar-refractivity contribution in [3.05, 3.63) is 58.8 Å². The van der Waals surface area contributed by atoms with Crippen LogP contribution in [0.25, 0.3) is 0 Å². The van der Waals surface area contributed by atoms with Crippen molar-refractivity contribution in [1.29, 1.82) is 0 Å². The molecule has 0 atom stereocenters. The quantitative estimate of drug-likeness (QED) is 0.583. The molecule has 29 heavy (non-hydrogen) atoms. The van der Waals surface area contributed by atoms with Crippen LogP contribution in [0.2, 0.25) is 0 Å². The van der Waals surface area contributed by atoms with Crippen molar-refractivity contribution in [3.8, 4) is 0 Å². The second-order valence-corrected chi connectivity index (χ2v) is 7.76. The second-order valence-electron chi connectivity index (χ2n) is 7.76. The van der Waals surface area contributed by atoms with E-state index in [9.17, 15) is 0 Å². The Hall–Kier alpha value is -2.60. The fourth-order valence-corrected chi connectivity index (χ4v) is 3.59. The van der Waals surface area contributed by atoms with Gasteiger partial charge in [-0.2, -0.15) is 0 Å². The average Bonchev–Trinajstić information content (AvgIpc) is 2.72. The van der Waals surface area contributed by atoms with Gasteiger partial charge in [-0.1, -0.05) is 29.8 Å². The Morgan fingerprint density at radius 3 is 2.59 bits per heavy atom. The first-order chi connectivity index (χ1) is 14.1. The van der Waals surface area contributed by atoms with Gasteiger partial charge < -0.3 is 20.4 Å². The van der Waals surface area contributed by atoms with Crippen LogP contribution in [0.3, 0.4) is 0 Å². The number of aromatic nitrogens is 1. The van der Waals surface area contributed by atoms with Crippen LogP contribution >= 0.6 is 0 Å². The highest BCUT2D eigenvalue weighted by Gasteiger charge is 2.17. The number of aliphatic imine (C=N–C) groups is 1. The summed E-state index contributed by atoms with van der Waals surface area (Å²) in [5.41, 5.74) is 5.05. The first-order valence-electron chi connectivity index (χ1n) is 10.5. The molecule has 6 nitrogen and oxygen atoms in total. The van der Waals surface area contributed by atoms with Crippen LogP contribution in [0.1, 0.15) is 29.2 Å². The third kappa shape index (κ3) is 5.94. The van der Waals surface area contributed by atoms with Crippen LogP contribution in [-0.2, 0) is 13.1 Å². The molecule has 2 N–H and O–H groups in total. The van der Waals surface area contributed by atoms with Gasteiger partial charge in [-0.3, -0.25) is 0 Å². The number of hydrogen-bond acceptors (Lipinski definition) is 4. The highest BCUT2D eigenvalue weighted by Crippen LogP contribution is 2.19. The molecule has 1 aromatic heterocycles. The molecule has 0 spiro atoms. The molecule has 0 aliphatic carbocycles. The maximum atomic E-state index is 4.83. The van der Waals surface area contributed by atoms with Crippen molar-refractivity contribution in [2.45, 2.75) is 33.9 Å². The number of pyridine rings is 1. The summed E-state index contributed by atoms with van der Waals surface area (Å²) in [5.74, 6) is 1.90. The maximum Gasteiger partial charge on any atom is 0.191 e. The molecule has 3 rings (SSSR count). The van der Waals surface area contributed by atoms with Crippen molar-refractivity contribution in [3.63, 3.8) is 0 Å². The number of likely N-dealkylation sites (N-methyl/N-ethyl adjacent to an activating group) is 1. The Labute approximate surface area is 175 Å². The number of rotatable bonds is 6. The van der Waals surface area contributed by atoms with E-state index in [1.165, 1.54) is 22.3 Å². The van der Waals surface area contributed by atoms with Gasteiger partial charge in [-0.25, -0.2) is 9.98 Å². The van der Waals surface area contributed by atoms with Crippen LogP contribution in [0.15, 0.2) is 41.5 Å². The van der Waals surface area contributed by atoms with Crippen molar-refractivity contribution >= 4 is 11.8 Å². The van der Waals surface area contributed by atoms with Crippen LogP contribution in [0, 0.1) is 13.8 Å². The van der Waals surface area contributed by atoms with Gasteiger partial charge in [0.2, 0.25) is 0 Å². The molecule has 2 aromatic rings. The summed E-state index contributed by atoms with van der Waals surface area (Å²) in [6.45, 7) is 12.7. The number of benzene rings is 1. The Bertz CT molecular complexity index is 824. The number of guanidine groups is 1. The minimum atomic E-state index is 0.609. The molecule has 1 aromatic carbocycles. The Morgan fingerprint density at radius 2 is 1.86 bits per heavy atom. The van der Waals surface area contributed by atoms with Gasteiger partial charge in [0.1, 0.15) is 5.82 Å². The molecule has 1 saturated heterocycles. The maximum absolute atomic E-state index is 4.83. The molecular weight excluding hydrogens is 360 g/mol. The largest absolute Gasteiger partial charge is 0.357 e. The predicted molar refractivity (Wildman–Crippen MR) is 122 cm³/mol. The minimum Gasteiger partial charge on any atom is -0.357 e. The summed E-state index contributed by atoms with van der Waals surface area (Å²) < 4.78 is 0. The topological polar surface area (TPSA) is 55.8 Å². The van der Waals surface area contributed by atoms with E-state index in [0.29, 0.717) is 6.54 Å². The number of aryl methyl sites for hydroxylation is 2. The number of nitrogens with zero attached hydrogens (tertiary/aromatic N) is 4. The molecule has 0 radical (unpaired) electrons. The number of nitrogens with one attached hydrogen (secondary N) is 2. The highest BCUT2D eigenvalue weighted by molar-refractivity contribution is 5.79. The monoisotopic (exact) mass is 394 g/mol. The zero-order chi connectivity index (χ0) is 20.6. The Kier molecular flexibility index (Phi) is 7.47. The summed E-state index contributed by atoms with van der Waals surface area (Å²) in [6, 6.07) is 10.7. The average molecular weight is 395 g/mol. The standard InChI is InChI=1S/C23H34N6/c1-5-24-23(26-16-20-9-8-18(2)15-19(20)3)27-17-21-7-6-10-25-22(21)29-13-11-28(4)12-14-29/h6-10,15H,5,11-14,16-17H2,1-4H3,(H2,24,26,27). The van der Waals surface area contributed by atoms with Gasteiger partial charge in [0.25, 0.3) is 0 Å².